The molecule has 0 aliphatic carbocycles. The number of nitriles is 1. The molecular weight excluding hydrogens is 353 g/mol. The average molecular weight is 366 g/mol. The number of benzene rings is 1. The van der Waals surface area contributed by atoms with Gasteiger partial charge in [-0.25, -0.2) is 0 Å². The predicted molar refractivity (Wildman–Crippen MR) is 82.4 cm³/mol. The molecule has 0 unspecified atom stereocenters. The highest BCUT2D eigenvalue weighted by atomic mass is 19.4. The van der Waals surface area contributed by atoms with Crippen LogP contribution in [0.1, 0.15) is 22.7 Å². The van der Waals surface area contributed by atoms with Gasteiger partial charge in [0, 0.05) is 5.56 Å². The fourth-order valence-electron chi connectivity index (χ4n) is 2.91. The third-order valence-corrected chi connectivity index (χ3v) is 3.97. The normalized spacial score (nSPS) is 16.5. The third kappa shape index (κ3) is 2.57. The molecular formula is C16H13F3N4O3. The Morgan fingerprint density at radius 1 is 1.31 bits per heavy atom. The van der Waals surface area contributed by atoms with Crippen LogP contribution in [0.2, 0.25) is 0 Å². The SMILES string of the molecule is COc1cccc([C@@H]2C(C#N)=C(N)Oc3n[nH]c(C(F)(F)F)c32)c1OC. The number of allylic oxidation sites excluding steroid dienone is 1. The first-order valence-electron chi connectivity index (χ1n) is 7.27. The number of hydrogen-bond donors (Lipinski definition) is 2. The lowest BCUT2D eigenvalue weighted by atomic mass is 9.83. The molecule has 10 heteroatoms. The van der Waals surface area contributed by atoms with E-state index in [4.69, 9.17) is 19.9 Å². The van der Waals surface area contributed by atoms with Gasteiger partial charge in [0.1, 0.15) is 17.3 Å². The maximum absolute atomic E-state index is 13.4. The van der Waals surface area contributed by atoms with Gasteiger partial charge in [0.2, 0.25) is 11.8 Å². The fourth-order valence-corrected chi connectivity index (χ4v) is 2.91. The first-order chi connectivity index (χ1) is 12.3. The summed E-state index contributed by atoms with van der Waals surface area (Å²) in [6.45, 7) is 0. The van der Waals surface area contributed by atoms with Crippen molar-refractivity contribution in [2.24, 2.45) is 5.73 Å². The van der Waals surface area contributed by atoms with Crippen molar-refractivity contribution in [3.63, 3.8) is 0 Å². The van der Waals surface area contributed by atoms with Crippen LogP contribution in [0.15, 0.2) is 29.7 Å². The zero-order chi connectivity index (χ0) is 19.1. The summed E-state index contributed by atoms with van der Waals surface area (Å²) < 4.78 is 56.0. The largest absolute Gasteiger partial charge is 0.493 e. The first-order valence-corrected chi connectivity index (χ1v) is 7.27. The van der Waals surface area contributed by atoms with Crippen molar-refractivity contribution in [1.29, 1.82) is 5.26 Å². The summed E-state index contributed by atoms with van der Waals surface area (Å²) in [5.41, 5.74) is 4.36. The van der Waals surface area contributed by atoms with Gasteiger partial charge in [-0.3, -0.25) is 5.10 Å². The summed E-state index contributed by atoms with van der Waals surface area (Å²) in [6, 6.07) is 6.51. The maximum Gasteiger partial charge on any atom is 0.433 e. The zero-order valence-corrected chi connectivity index (χ0v) is 13.6. The highest BCUT2D eigenvalue weighted by Gasteiger charge is 2.45. The van der Waals surface area contributed by atoms with Crippen molar-refractivity contribution >= 4 is 0 Å². The van der Waals surface area contributed by atoms with Crippen molar-refractivity contribution in [2.75, 3.05) is 14.2 Å². The number of ether oxygens (including phenoxy) is 3. The third-order valence-electron chi connectivity index (χ3n) is 3.97. The molecule has 1 aliphatic rings. The molecule has 0 spiro atoms. The molecule has 26 heavy (non-hydrogen) atoms. The maximum atomic E-state index is 13.4. The number of nitrogens with zero attached hydrogens (tertiary/aromatic N) is 2. The van der Waals surface area contributed by atoms with Crippen LogP contribution < -0.4 is 19.9 Å². The average Bonchev–Trinajstić information content (AvgIpc) is 3.03. The van der Waals surface area contributed by atoms with E-state index < -0.39 is 17.8 Å². The van der Waals surface area contributed by atoms with Crippen LogP contribution in [0.3, 0.4) is 0 Å². The molecule has 1 atom stereocenters. The van der Waals surface area contributed by atoms with Crippen molar-refractivity contribution in [3.8, 4) is 23.4 Å². The molecule has 0 radical (unpaired) electrons. The van der Waals surface area contributed by atoms with Crippen molar-refractivity contribution in [3.05, 3.63) is 46.5 Å². The van der Waals surface area contributed by atoms with Gasteiger partial charge in [-0.15, -0.1) is 5.10 Å². The quantitative estimate of drug-likeness (QED) is 0.865. The van der Waals surface area contributed by atoms with Crippen LogP contribution >= 0.6 is 0 Å². The molecule has 2 heterocycles. The van der Waals surface area contributed by atoms with Crippen LogP contribution in [-0.4, -0.2) is 24.4 Å². The van der Waals surface area contributed by atoms with Gasteiger partial charge in [0.05, 0.1) is 25.7 Å². The molecule has 0 saturated carbocycles. The standard InChI is InChI=1S/C16H13F3N4O3/c1-24-9-5-3-4-7(12(9)25-2)10-8(6-20)14(21)26-15-11(10)13(22-23-15)16(17,18)19/h3-5,10H,21H2,1-2H3,(H,22,23)/t10-/m1/s1. The Bertz CT molecular complexity index is 928. The Morgan fingerprint density at radius 3 is 2.62 bits per heavy atom. The molecule has 1 aromatic heterocycles. The highest BCUT2D eigenvalue weighted by molar-refractivity contribution is 5.61. The van der Waals surface area contributed by atoms with Crippen LogP contribution in [0.4, 0.5) is 13.2 Å². The van der Waals surface area contributed by atoms with Crippen molar-refractivity contribution < 1.29 is 27.4 Å². The lowest BCUT2D eigenvalue weighted by molar-refractivity contribution is -0.141. The number of para-hydroxylation sites is 1. The van der Waals surface area contributed by atoms with Crippen molar-refractivity contribution in [1.82, 2.24) is 10.2 Å². The summed E-state index contributed by atoms with van der Waals surface area (Å²) in [6.07, 6.45) is -4.74. The number of methoxy groups -OCH3 is 2. The van der Waals surface area contributed by atoms with E-state index in [2.05, 4.69) is 5.10 Å². The van der Waals surface area contributed by atoms with E-state index in [1.807, 2.05) is 11.2 Å². The molecule has 0 bridgehead atoms. The number of halogens is 3. The topological polar surface area (TPSA) is 106 Å². The van der Waals surface area contributed by atoms with Crippen LogP contribution in [0, 0.1) is 11.3 Å². The number of aromatic amines is 1. The van der Waals surface area contributed by atoms with Gasteiger partial charge in [-0.1, -0.05) is 12.1 Å². The summed E-state index contributed by atoms with van der Waals surface area (Å²) in [5, 5.41) is 15.0. The molecule has 2 aromatic rings. The Morgan fingerprint density at radius 2 is 2.04 bits per heavy atom. The van der Waals surface area contributed by atoms with Gasteiger partial charge in [0.25, 0.3) is 0 Å². The molecule has 3 rings (SSSR count). The second-order valence-corrected chi connectivity index (χ2v) is 5.32. The minimum atomic E-state index is -4.74. The number of hydrogen-bond acceptors (Lipinski definition) is 6. The lowest BCUT2D eigenvalue weighted by Gasteiger charge is -2.26. The first kappa shape index (κ1) is 17.5. The predicted octanol–water partition coefficient (Wildman–Crippen LogP) is 2.66. The monoisotopic (exact) mass is 366 g/mol. The second-order valence-electron chi connectivity index (χ2n) is 5.32. The fraction of sp³-hybridized carbons (Fsp3) is 0.250. The van der Waals surface area contributed by atoms with E-state index in [9.17, 15) is 18.4 Å². The summed E-state index contributed by atoms with van der Waals surface area (Å²) in [4.78, 5) is 0. The number of nitrogens with two attached hydrogens (primary N) is 1. The summed E-state index contributed by atoms with van der Waals surface area (Å²) >= 11 is 0. The Hall–Kier alpha value is -3.35. The van der Waals surface area contributed by atoms with E-state index in [-0.39, 0.29) is 34.2 Å². The number of alkyl halides is 3. The molecule has 0 fully saturated rings. The van der Waals surface area contributed by atoms with Crippen LogP contribution in [0.5, 0.6) is 17.4 Å². The molecule has 0 amide bonds. The molecule has 0 saturated heterocycles. The minimum Gasteiger partial charge on any atom is -0.493 e. The number of aromatic nitrogens is 2. The van der Waals surface area contributed by atoms with E-state index in [1.165, 1.54) is 20.3 Å². The summed E-state index contributed by atoms with van der Waals surface area (Å²) in [7, 11) is 2.74. The smallest absolute Gasteiger partial charge is 0.433 e. The van der Waals surface area contributed by atoms with E-state index >= 15 is 0 Å². The molecule has 3 N–H and O–H groups in total. The number of H-pyrrole nitrogens is 1. The second kappa shape index (κ2) is 6.18. The van der Waals surface area contributed by atoms with E-state index in [0.29, 0.717) is 5.75 Å². The molecule has 7 nitrogen and oxygen atoms in total. The number of fused-ring (bicyclic) bond motifs is 1. The van der Waals surface area contributed by atoms with E-state index in [0.717, 1.165) is 0 Å². The number of nitrogens with one attached hydrogen (secondary N) is 1. The van der Waals surface area contributed by atoms with Gasteiger partial charge in [-0.2, -0.15) is 18.4 Å². The van der Waals surface area contributed by atoms with Gasteiger partial charge >= 0.3 is 6.18 Å². The van der Waals surface area contributed by atoms with Crippen LogP contribution in [0.25, 0.3) is 0 Å². The molecule has 136 valence electrons. The van der Waals surface area contributed by atoms with Gasteiger partial charge < -0.3 is 19.9 Å². The van der Waals surface area contributed by atoms with Crippen LogP contribution in [-0.2, 0) is 6.18 Å². The molecule has 1 aromatic carbocycles. The van der Waals surface area contributed by atoms with E-state index in [1.54, 1.807) is 12.1 Å². The summed E-state index contributed by atoms with van der Waals surface area (Å²) in [5.74, 6) is -1.38. The van der Waals surface area contributed by atoms with Gasteiger partial charge in [-0.05, 0) is 6.07 Å². The Balaban J connectivity index is 2.34. The van der Waals surface area contributed by atoms with Crippen molar-refractivity contribution in [2.45, 2.75) is 12.1 Å². The Labute approximate surface area is 145 Å². The van der Waals surface area contributed by atoms with Gasteiger partial charge in [0.15, 0.2) is 11.5 Å². The number of rotatable bonds is 3. The zero-order valence-electron chi connectivity index (χ0n) is 13.6. The molecule has 1 aliphatic heterocycles. The highest BCUT2D eigenvalue weighted by Crippen LogP contribution is 2.50. The minimum absolute atomic E-state index is 0.183. The lowest BCUT2D eigenvalue weighted by Crippen LogP contribution is -2.23. The Kier molecular flexibility index (Phi) is 4.15.